The van der Waals surface area contributed by atoms with E-state index in [1.807, 2.05) is 26.0 Å². The molecule has 0 radical (unpaired) electrons. The van der Waals surface area contributed by atoms with Crippen LogP contribution >= 0.6 is 0 Å². The van der Waals surface area contributed by atoms with Gasteiger partial charge in [-0.15, -0.1) is 0 Å². The summed E-state index contributed by atoms with van der Waals surface area (Å²) in [5.74, 6) is 0.411. The predicted molar refractivity (Wildman–Crippen MR) is 121 cm³/mol. The fourth-order valence-electron chi connectivity index (χ4n) is 4.35. The second kappa shape index (κ2) is 7.62. The number of sulfonamides is 1. The summed E-state index contributed by atoms with van der Waals surface area (Å²) < 4.78 is 34.6. The molecule has 2 aliphatic carbocycles. The van der Waals surface area contributed by atoms with Crippen molar-refractivity contribution in [2.24, 2.45) is 0 Å². The number of benzene rings is 1. The van der Waals surface area contributed by atoms with Gasteiger partial charge in [0.05, 0.1) is 22.1 Å². The van der Waals surface area contributed by atoms with Crippen LogP contribution in [0.1, 0.15) is 63.3 Å². The number of ether oxygens (including phenoxy) is 1. The van der Waals surface area contributed by atoms with E-state index in [0.717, 1.165) is 18.5 Å². The Bertz CT molecular complexity index is 1290. The highest BCUT2D eigenvalue weighted by atomic mass is 32.2. The smallest absolute Gasteiger partial charge is 0.264 e. The van der Waals surface area contributed by atoms with E-state index >= 15 is 0 Å². The lowest BCUT2D eigenvalue weighted by Gasteiger charge is -2.27. The molecule has 0 saturated heterocycles. The summed E-state index contributed by atoms with van der Waals surface area (Å²) in [7, 11) is -4.05. The average molecular weight is 454 g/mol. The van der Waals surface area contributed by atoms with Gasteiger partial charge in [0.15, 0.2) is 0 Å². The Morgan fingerprint density at radius 3 is 2.62 bits per heavy atom. The molecule has 2 heterocycles. The summed E-state index contributed by atoms with van der Waals surface area (Å²) in [6.45, 7) is 3.84. The Labute approximate surface area is 187 Å². The summed E-state index contributed by atoms with van der Waals surface area (Å²) in [6, 6.07) is 10.5. The molecule has 0 atom stereocenters. The summed E-state index contributed by atoms with van der Waals surface area (Å²) >= 11 is 0. The monoisotopic (exact) mass is 453 g/mol. The lowest BCUT2D eigenvalue weighted by Crippen LogP contribution is -2.39. The Morgan fingerprint density at radius 2 is 1.97 bits per heavy atom. The number of H-pyrrole nitrogens is 1. The third kappa shape index (κ3) is 3.56. The van der Waals surface area contributed by atoms with Crippen LogP contribution in [0.3, 0.4) is 0 Å². The van der Waals surface area contributed by atoms with Gasteiger partial charge in [-0.3, -0.25) is 9.78 Å². The number of nitrogens with one attached hydrogen (secondary N) is 2. The van der Waals surface area contributed by atoms with Crippen molar-refractivity contribution in [3.8, 4) is 5.75 Å². The molecule has 2 N–H and O–H groups in total. The van der Waals surface area contributed by atoms with E-state index in [4.69, 9.17) is 9.72 Å². The third-order valence-corrected chi connectivity index (χ3v) is 7.86. The normalized spacial score (nSPS) is 17.8. The largest absolute Gasteiger partial charge is 0.489 e. The first-order valence-corrected chi connectivity index (χ1v) is 12.6. The van der Waals surface area contributed by atoms with Crippen molar-refractivity contribution in [2.75, 3.05) is 0 Å². The molecule has 2 aromatic heterocycles. The van der Waals surface area contributed by atoms with E-state index < -0.39 is 21.3 Å². The quantitative estimate of drug-likeness (QED) is 0.560. The molecule has 7 nitrogen and oxygen atoms in total. The van der Waals surface area contributed by atoms with Crippen molar-refractivity contribution >= 4 is 26.8 Å². The lowest BCUT2D eigenvalue weighted by atomic mass is 9.82. The van der Waals surface area contributed by atoms with Crippen LogP contribution in [0.5, 0.6) is 5.75 Å². The number of aromatic nitrogens is 2. The zero-order chi connectivity index (χ0) is 22.5. The van der Waals surface area contributed by atoms with Crippen LogP contribution in [0.25, 0.3) is 10.9 Å². The molecule has 1 amide bonds. The van der Waals surface area contributed by atoms with Crippen molar-refractivity contribution in [1.29, 1.82) is 0 Å². The summed E-state index contributed by atoms with van der Waals surface area (Å²) in [5, 5.41) is 0.548. The van der Waals surface area contributed by atoms with Crippen LogP contribution in [-0.4, -0.2) is 30.4 Å². The minimum absolute atomic E-state index is 0.0789. The number of nitrogens with zero attached hydrogens (tertiary/aromatic N) is 1. The molecule has 5 rings (SSSR count). The van der Waals surface area contributed by atoms with Gasteiger partial charge in [0.2, 0.25) is 5.91 Å². The number of carbonyl (C=O) groups is 1. The Hall–Kier alpha value is -2.87. The van der Waals surface area contributed by atoms with Crippen LogP contribution < -0.4 is 9.46 Å². The van der Waals surface area contributed by atoms with E-state index in [1.165, 1.54) is 12.5 Å². The van der Waals surface area contributed by atoms with E-state index in [0.29, 0.717) is 41.1 Å². The van der Waals surface area contributed by atoms with Gasteiger partial charge in [-0.1, -0.05) is 12.5 Å². The number of rotatable bonds is 7. The van der Waals surface area contributed by atoms with Crippen molar-refractivity contribution in [3.05, 3.63) is 54.0 Å². The molecule has 2 aliphatic rings. The topological polar surface area (TPSA) is 101 Å². The first kappa shape index (κ1) is 21.0. The van der Waals surface area contributed by atoms with E-state index in [9.17, 15) is 13.2 Å². The maximum atomic E-state index is 13.4. The number of aromatic amines is 1. The van der Waals surface area contributed by atoms with Crippen LogP contribution in [0.4, 0.5) is 0 Å². The van der Waals surface area contributed by atoms with Crippen molar-refractivity contribution < 1.29 is 17.9 Å². The Morgan fingerprint density at radius 1 is 1.19 bits per heavy atom. The number of hydrogen-bond acceptors (Lipinski definition) is 5. The lowest BCUT2D eigenvalue weighted by molar-refractivity contribution is -0.121. The van der Waals surface area contributed by atoms with Crippen molar-refractivity contribution in [1.82, 2.24) is 14.7 Å². The van der Waals surface area contributed by atoms with Gasteiger partial charge in [-0.2, -0.15) is 0 Å². The predicted octanol–water partition coefficient (Wildman–Crippen LogP) is 4.15. The molecule has 168 valence electrons. The highest BCUT2D eigenvalue weighted by Crippen LogP contribution is 2.52. The molecular formula is C24H27N3O4S. The van der Waals surface area contributed by atoms with Gasteiger partial charge in [0.25, 0.3) is 10.0 Å². The molecule has 32 heavy (non-hydrogen) atoms. The van der Waals surface area contributed by atoms with Gasteiger partial charge < -0.3 is 9.72 Å². The summed E-state index contributed by atoms with van der Waals surface area (Å²) in [4.78, 5) is 21.3. The van der Waals surface area contributed by atoms with E-state index in [-0.39, 0.29) is 11.0 Å². The van der Waals surface area contributed by atoms with Crippen molar-refractivity contribution in [2.45, 2.75) is 68.3 Å². The molecule has 1 aromatic carbocycles. The van der Waals surface area contributed by atoms with E-state index in [2.05, 4.69) is 9.71 Å². The highest BCUT2D eigenvalue weighted by Gasteiger charge is 2.55. The SMILES string of the molecule is CC(C)Oc1ccc(C2CCC2)nc1C1(C(=O)NS(=O)(=O)c2cccc3[nH]ccc23)CC1. The molecule has 2 saturated carbocycles. The first-order valence-electron chi connectivity index (χ1n) is 11.1. The molecule has 2 fully saturated rings. The number of amides is 1. The van der Waals surface area contributed by atoms with Crippen molar-refractivity contribution in [3.63, 3.8) is 0 Å². The third-order valence-electron chi connectivity index (χ3n) is 6.48. The second-order valence-electron chi connectivity index (χ2n) is 9.09. The van der Waals surface area contributed by atoms with Crippen LogP contribution in [0.15, 0.2) is 47.5 Å². The Kier molecular flexibility index (Phi) is 5.00. The first-order chi connectivity index (χ1) is 15.3. The van der Waals surface area contributed by atoms with Crippen LogP contribution in [-0.2, 0) is 20.2 Å². The molecule has 0 aliphatic heterocycles. The number of carbonyl (C=O) groups excluding carboxylic acids is 1. The minimum Gasteiger partial charge on any atom is -0.489 e. The van der Waals surface area contributed by atoms with Gasteiger partial charge in [-0.05, 0) is 69.9 Å². The summed E-state index contributed by atoms with van der Waals surface area (Å²) in [6.07, 6.45) is 6.03. The molecule has 0 unspecified atom stereocenters. The molecule has 0 spiro atoms. The number of fused-ring (bicyclic) bond motifs is 1. The number of hydrogen-bond donors (Lipinski definition) is 2. The average Bonchev–Trinajstić information content (AvgIpc) is 3.37. The van der Waals surface area contributed by atoms with Crippen LogP contribution in [0, 0.1) is 0 Å². The maximum Gasteiger partial charge on any atom is 0.264 e. The van der Waals surface area contributed by atoms with Gasteiger partial charge in [-0.25, -0.2) is 13.1 Å². The van der Waals surface area contributed by atoms with Crippen LogP contribution in [0.2, 0.25) is 0 Å². The molecule has 3 aromatic rings. The summed E-state index contributed by atoms with van der Waals surface area (Å²) in [5.41, 5.74) is 1.23. The zero-order valence-electron chi connectivity index (χ0n) is 18.2. The van der Waals surface area contributed by atoms with Gasteiger partial charge in [0, 0.05) is 28.7 Å². The standard InChI is InChI=1S/C24H27N3O4S/c1-15(2)31-20-10-9-18(16-5-3-6-16)26-22(20)24(12-13-24)23(28)27-32(29,30)21-8-4-7-19-17(21)11-14-25-19/h4,7-11,14-16,25H,3,5-6,12-13H2,1-2H3,(H,27,28). The molecule has 8 heteroatoms. The maximum absolute atomic E-state index is 13.4. The van der Waals surface area contributed by atoms with E-state index in [1.54, 1.807) is 24.4 Å². The highest BCUT2D eigenvalue weighted by molar-refractivity contribution is 7.90. The minimum atomic E-state index is -4.05. The fourth-order valence-corrected chi connectivity index (χ4v) is 5.62. The molecule has 0 bridgehead atoms. The Balaban J connectivity index is 1.49. The van der Waals surface area contributed by atoms with Gasteiger partial charge in [0.1, 0.15) is 5.75 Å². The zero-order valence-corrected chi connectivity index (χ0v) is 19.0. The number of pyridine rings is 1. The second-order valence-corrected chi connectivity index (χ2v) is 10.7. The molecular weight excluding hydrogens is 426 g/mol. The fraction of sp³-hybridized carbons (Fsp3) is 0.417. The van der Waals surface area contributed by atoms with Gasteiger partial charge >= 0.3 is 0 Å².